The van der Waals surface area contributed by atoms with Gasteiger partial charge in [-0.3, -0.25) is 0 Å². The van der Waals surface area contributed by atoms with Gasteiger partial charge in [0.25, 0.3) is 0 Å². The largest absolute Gasteiger partial charge is 0.512 e. The maximum atomic E-state index is 11.7. The summed E-state index contributed by atoms with van der Waals surface area (Å²) in [6, 6.07) is 0. The Labute approximate surface area is 120 Å². The molecule has 6 heteroatoms. The third-order valence-electron chi connectivity index (χ3n) is 2.18. The average molecular weight is 330 g/mol. The molecule has 2 heterocycles. The first-order valence-electron chi connectivity index (χ1n) is 5.89. The molecule has 0 aromatic carbocycles. The van der Waals surface area contributed by atoms with Crippen LogP contribution in [-0.2, 0) is 14.3 Å². The van der Waals surface area contributed by atoms with Gasteiger partial charge >= 0.3 is 5.97 Å². The minimum atomic E-state index is -0.708. The number of carbonyl (C=O) groups is 1. The molecule has 0 amide bonds. The highest BCUT2D eigenvalue weighted by Gasteiger charge is 2.31. The molecule has 0 radical (unpaired) electrons. The van der Waals surface area contributed by atoms with E-state index in [1.165, 1.54) is 0 Å². The first-order chi connectivity index (χ1) is 9.11. The molecule has 0 aromatic heterocycles. The molecule has 1 fully saturated rings. The third kappa shape index (κ3) is 3.64. The molecule has 2 aliphatic heterocycles. The Balaban J connectivity index is 0.000000861. The van der Waals surface area contributed by atoms with Gasteiger partial charge in [-0.05, 0) is 28.1 Å². The Kier molecular flexibility index (Phi) is 5.69. The number of hydrogen-bond acceptors (Lipinski definition) is 5. The second-order valence-corrected chi connectivity index (χ2v) is 4.30. The molecule has 104 valence electrons. The molecule has 1 saturated heterocycles. The molecule has 0 spiro atoms. The molecule has 19 heavy (non-hydrogen) atoms. The molecule has 2 rings (SSSR count). The number of nitrogens with one attached hydrogen (secondary N) is 1. The monoisotopic (exact) mass is 329 g/mol. The average Bonchev–Trinajstić information content (AvgIpc) is 2.41. The molecule has 2 N–H and O–H groups in total. The summed E-state index contributed by atoms with van der Waals surface area (Å²) in [6.45, 7) is 5.57. The van der Waals surface area contributed by atoms with E-state index in [4.69, 9.17) is 14.6 Å². The summed E-state index contributed by atoms with van der Waals surface area (Å²) in [5.41, 5.74) is 0.670. The molecule has 5 nitrogen and oxygen atoms in total. The van der Waals surface area contributed by atoms with Gasteiger partial charge in [-0.2, -0.15) is 0 Å². The Morgan fingerprint density at radius 3 is 2.58 bits per heavy atom. The van der Waals surface area contributed by atoms with Crippen LogP contribution in [0.1, 0.15) is 20.8 Å². The number of halogens is 1. The fourth-order valence-electron chi connectivity index (χ4n) is 1.47. The minimum Gasteiger partial charge on any atom is -0.512 e. The lowest BCUT2D eigenvalue weighted by Crippen LogP contribution is -2.30. The van der Waals surface area contributed by atoms with E-state index in [0.717, 1.165) is 10.7 Å². The number of esters is 1. The van der Waals surface area contributed by atoms with Crippen LogP contribution in [0.15, 0.2) is 46.1 Å². The first kappa shape index (κ1) is 15.4. The lowest BCUT2D eigenvalue weighted by atomic mass is 10.1. The van der Waals surface area contributed by atoms with Crippen LogP contribution < -0.4 is 5.32 Å². The highest BCUT2D eigenvalue weighted by molar-refractivity contribution is 9.11. The summed E-state index contributed by atoms with van der Waals surface area (Å²) < 4.78 is 11.0. The Hall–Kier alpha value is -1.69. The summed E-state index contributed by atoms with van der Waals surface area (Å²) >= 11 is 3.27. The van der Waals surface area contributed by atoms with Crippen LogP contribution in [0.4, 0.5) is 0 Å². The summed E-state index contributed by atoms with van der Waals surface area (Å²) in [6.07, 6.45) is 5.16. The Morgan fingerprint density at radius 1 is 1.37 bits per heavy atom. The summed E-state index contributed by atoms with van der Waals surface area (Å²) in [7, 11) is 0. The number of cyclic esters (lactones) is 1. The van der Waals surface area contributed by atoms with Gasteiger partial charge in [0.05, 0.1) is 5.70 Å². The topological polar surface area (TPSA) is 67.8 Å². The molecule has 0 aliphatic carbocycles. The highest BCUT2D eigenvalue weighted by atomic mass is 79.9. The van der Waals surface area contributed by atoms with Crippen LogP contribution in [0.5, 0.6) is 0 Å². The van der Waals surface area contributed by atoms with Crippen molar-refractivity contribution in [2.24, 2.45) is 0 Å². The van der Waals surface area contributed by atoms with E-state index in [9.17, 15) is 4.79 Å². The molecule has 1 atom stereocenters. The lowest BCUT2D eigenvalue weighted by Gasteiger charge is -2.25. The lowest BCUT2D eigenvalue weighted by molar-refractivity contribution is -0.171. The standard InChI is InChI=1S/C11H10BrNO4.C2H6/c1-6-16-9(5-14)10(11(15)17-6)8-3-2-7(12)4-13-8;1-2/h2-6,13-14H,1H3;1-2H3/b9-5?,10-8+;. The van der Waals surface area contributed by atoms with Gasteiger partial charge in [-0.15, -0.1) is 0 Å². The molecule has 0 saturated carbocycles. The van der Waals surface area contributed by atoms with E-state index in [-0.39, 0.29) is 11.3 Å². The van der Waals surface area contributed by atoms with Crippen LogP contribution in [0.2, 0.25) is 0 Å². The number of rotatable bonds is 0. The fourth-order valence-corrected chi connectivity index (χ4v) is 1.72. The number of aliphatic hydroxyl groups is 1. The molecular formula is C13H16BrNO4. The molecule has 0 aromatic rings. The Bertz CT molecular complexity index is 477. The number of carbonyl (C=O) groups excluding carboxylic acids is 1. The zero-order valence-corrected chi connectivity index (χ0v) is 12.5. The van der Waals surface area contributed by atoms with Gasteiger partial charge < -0.3 is 19.9 Å². The normalized spacial score (nSPS) is 27.6. The highest BCUT2D eigenvalue weighted by Crippen LogP contribution is 2.26. The van der Waals surface area contributed by atoms with Crippen molar-refractivity contribution in [2.75, 3.05) is 0 Å². The van der Waals surface area contributed by atoms with Crippen molar-refractivity contribution in [2.45, 2.75) is 27.1 Å². The number of dihydropyridines is 1. The smallest absolute Gasteiger partial charge is 0.347 e. The molecule has 1 unspecified atom stereocenters. The van der Waals surface area contributed by atoms with E-state index in [1.54, 1.807) is 25.3 Å². The predicted molar refractivity (Wildman–Crippen MR) is 75.0 cm³/mol. The maximum absolute atomic E-state index is 11.7. The minimum absolute atomic E-state index is 0.0901. The zero-order valence-electron chi connectivity index (χ0n) is 10.9. The van der Waals surface area contributed by atoms with Gasteiger partial charge in [0.1, 0.15) is 11.8 Å². The van der Waals surface area contributed by atoms with E-state index in [0.29, 0.717) is 5.70 Å². The predicted octanol–water partition coefficient (Wildman–Crippen LogP) is 2.98. The van der Waals surface area contributed by atoms with E-state index in [2.05, 4.69) is 21.2 Å². The quantitative estimate of drug-likeness (QED) is 0.406. The van der Waals surface area contributed by atoms with Gasteiger partial charge in [-0.25, -0.2) is 4.79 Å². The van der Waals surface area contributed by atoms with Crippen LogP contribution in [0.25, 0.3) is 0 Å². The number of ether oxygens (including phenoxy) is 2. The maximum Gasteiger partial charge on any atom is 0.347 e. The third-order valence-corrected chi connectivity index (χ3v) is 2.67. The van der Waals surface area contributed by atoms with Gasteiger partial charge in [0.15, 0.2) is 5.76 Å². The number of allylic oxidation sites excluding steroid dienone is 3. The summed E-state index contributed by atoms with van der Waals surface area (Å²) in [5, 5.41) is 12.0. The van der Waals surface area contributed by atoms with Gasteiger partial charge in [-0.1, -0.05) is 13.8 Å². The van der Waals surface area contributed by atoms with Crippen molar-refractivity contribution in [1.82, 2.24) is 5.32 Å². The van der Waals surface area contributed by atoms with Gasteiger partial charge in [0, 0.05) is 17.6 Å². The van der Waals surface area contributed by atoms with E-state index < -0.39 is 12.3 Å². The van der Waals surface area contributed by atoms with Crippen molar-refractivity contribution in [1.29, 1.82) is 0 Å². The summed E-state index contributed by atoms with van der Waals surface area (Å²) in [5.74, 6) is -0.449. The Morgan fingerprint density at radius 2 is 2.05 bits per heavy atom. The van der Waals surface area contributed by atoms with Crippen LogP contribution in [0.3, 0.4) is 0 Å². The number of hydrogen-bond donors (Lipinski definition) is 2. The van der Waals surface area contributed by atoms with Crippen LogP contribution in [-0.4, -0.2) is 17.4 Å². The van der Waals surface area contributed by atoms with E-state index >= 15 is 0 Å². The van der Waals surface area contributed by atoms with Crippen molar-refractivity contribution in [3.8, 4) is 0 Å². The first-order valence-corrected chi connectivity index (χ1v) is 6.68. The van der Waals surface area contributed by atoms with Gasteiger partial charge in [0.2, 0.25) is 6.29 Å². The van der Waals surface area contributed by atoms with Crippen molar-refractivity contribution < 1.29 is 19.4 Å². The van der Waals surface area contributed by atoms with Crippen LogP contribution in [0, 0.1) is 0 Å². The van der Waals surface area contributed by atoms with E-state index in [1.807, 2.05) is 13.8 Å². The SMILES string of the molecule is CC.CC1OC(=O)/C(=C2\C=CC(Br)=CN2)C(=CO)O1. The van der Waals surface area contributed by atoms with Crippen LogP contribution >= 0.6 is 15.9 Å². The fraction of sp³-hybridized carbons (Fsp3) is 0.308. The molecule has 2 aliphatic rings. The van der Waals surface area contributed by atoms with Crippen molar-refractivity contribution in [3.63, 3.8) is 0 Å². The molecular weight excluding hydrogens is 314 g/mol. The summed E-state index contributed by atoms with van der Waals surface area (Å²) in [4.78, 5) is 11.7. The number of aliphatic hydroxyl groups excluding tert-OH is 1. The van der Waals surface area contributed by atoms with Crippen molar-refractivity contribution in [3.05, 3.63) is 46.1 Å². The second kappa shape index (κ2) is 7.04. The molecule has 0 bridgehead atoms. The zero-order chi connectivity index (χ0) is 14.4. The second-order valence-electron chi connectivity index (χ2n) is 3.38. The van der Waals surface area contributed by atoms with Crippen molar-refractivity contribution >= 4 is 21.9 Å².